The first-order chi connectivity index (χ1) is 8.83. The molecular weight excluding hydrogens is 248 g/mol. The monoisotopic (exact) mass is 270 g/mol. The largest absolute Gasteiger partial charge is 0.480 e. The van der Waals surface area contributed by atoms with Crippen molar-refractivity contribution in [2.24, 2.45) is 5.92 Å². The lowest BCUT2D eigenvalue weighted by Crippen LogP contribution is -2.60. The first kappa shape index (κ1) is 14.1. The van der Waals surface area contributed by atoms with Crippen molar-refractivity contribution in [3.05, 3.63) is 0 Å². The van der Waals surface area contributed by atoms with E-state index in [-0.39, 0.29) is 24.2 Å². The van der Waals surface area contributed by atoms with Crippen LogP contribution in [0.5, 0.6) is 0 Å². The highest BCUT2D eigenvalue weighted by molar-refractivity contribution is 5.86. The van der Waals surface area contributed by atoms with E-state index in [4.69, 9.17) is 4.74 Å². The molecule has 108 valence electrons. The minimum atomic E-state index is -1.15. The number of nitrogens with one attached hydrogen (secondary N) is 1. The molecule has 1 saturated heterocycles. The SMILES string of the molecule is CC1CN(C(=O)NC(C)(C(=O)O)C2CC2)CC(C)O1. The Morgan fingerprint density at radius 1 is 1.26 bits per heavy atom. The van der Waals surface area contributed by atoms with E-state index >= 15 is 0 Å². The van der Waals surface area contributed by atoms with Crippen LogP contribution in [0.15, 0.2) is 0 Å². The Labute approximate surface area is 113 Å². The summed E-state index contributed by atoms with van der Waals surface area (Å²) in [6.45, 7) is 6.41. The number of hydrogen-bond donors (Lipinski definition) is 2. The minimum Gasteiger partial charge on any atom is -0.480 e. The molecule has 0 aromatic carbocycles. The molecule has 2 rings (SSSR count). The maximum Gasteiger partial charge on any atom is 0.329 e. The third-order valence-corrected chi connectivity index (χ3v) is 3.91. The van der Waals surface area contributed by atoms with Crippen LogP contribution in [0.25, 0.3) is 0 Å². The van der Waals surface area contributed by atoms with Crippen LogP contribution in [0, 0.1) is 5.92 Å². The summed E-state index contributed by atoms with van der Waals surface area (Å²) in [5.74, 6) is -0.914. The normalized spacial score (nSPS) is 30.6. The fourth-order valence-corrected chi connectivity index (χ4v) is 2.64. The molecule has 1 heterocycles. The van der Waals surface area contributed by atoms with E-state index in [1.165, 1.54) is 0 Å². The third kappa shape index (κ3) is 3.00. The molecular formula is C13H22N2O4. The van der Waals surface area contributed by atoms with E-state index in [1.54, 1.807) is 11.8 Å². The van der Waals surface area contributed by atoms with Crippen LogP contribution in [0.4, 0.5) is 4.79 Å². The Hall–Kier alpha value is -1.30. The predicted octanol–water partition coefficient (Wildman–Crippen LogP) is 1.06. The second-order valence-electron chi connectivity index (χ2n) is 5.87. The van der Waals surface area contributed by atoms with Gasteiger partial charge in [0.15, 0.2) is 0 Å². The summed E-state index contributed by atoms with van der Waals surface area (Å²) in [5, 5.41) is 12.0. The maximum absolute atomic E-state index is 12.2. The van der Waals surface area contributed by atoms with Gasteiger partial charge < -0.3 is 20.1 Å². The zero-order valence-electron chi connectivity index (χ0n) is 11.7. The number of amides is 2. The fraction of sp³-hybridized carbons (Fsp3) is 0.846. The average molecular weight is 270 g/mol. The van der Waals surface area contributed by atoms with Crippen molar-refractivity contribution in [2.45, 2.75) is 51.4 Å². The zero-order chi connectivity index (χ0) is 14.2. The molecule has 3 atom stereocenters. The van der Waals surface area contributed by atoms with E-state index in [0.717, 1.165) is 12.8 Å². The lowest BCUT2D eigenvalue weighted by atomic mass is 9.96. The van der Waals surface area contributed by atoms with Gasteiger partial charge in [0.2, 0.25) is 0 Å². The quantitative estimate of drug-likeness (QED) is 0.803. The lowest BCUT2D eigenvalue weighted by molar-refractivity contribution is -0.144. The van der Waals surface area contributed by atoms with Crippen LogP contribution < -0.4 is 5.32 Å². The Bertz CT molecular complexity index is 373. The molecule has 0 bridgehead atoms. The van der Waals surface area contributed by atoms with Crippen molar-refractivity contribution < 1.29 is 19.4 Å². The number of hydrogen-bond acceptors (Lipinski definition) is 3. The van der Waals surface area contributed by atoms with Crippen molar-refractivity contribution in [3.63, 3.8) is 0 Å². The average Bonchev–Trinajstić information content (AvgIpc) is 3.10. The summed E-state index contributed by atoms with van der Waals surface area (Å²) in [5.41, 5.74) is -1.15. The highest BCUT2D eigenvalue weighted by Crippen LogP contribution is 2.39. The van der Waals surface area contributed by atoms with Crippen LogP contribution in [-0.4, -0.2) is 52.8 Å². The molecule has 2 fully saturated rings. The van der Waals surface area contributed by atoms with Crippen molar-refractivity contribution in [1.29, 1.82) is 0 Å². The van der Waals surface area contributed by atoms with Gasteiger partial charge in [-0.2, -0.15) is 0 Å². The molecule has 1 aliphatic heterocycles. The Balaban J connectivity index is 2.01. The fourth-order valence-electron chi connectivity index (χ4n) is 2.64. The molecule has 0 spiro atoms. The van der Waals surface area contributed by atoms with E-state index in [1.807, 2.05) is 13.8 Å². The van der Waals surface area contributed by atoms with Gasteiger partial charge in [0.25, 0.3) is 0 Å². The first-order valence-electron chi connectivity index (χ1n) is 6.79. The van der Waals surface area contributed by atoms with Crippen molar-refractivity contribution >= 4 is 12.0 Å². The second-order valence-corrected chi connectivity index (χ2v) is 5.87. The number of nitrogens with zero attached hydrogens (tertiary/aromatic N) is 1. The molecule has 2 N–H and O–H groups in total. The van der Waals surface area contributed by atoms with Gasteiger partial charge in [-0.05, 0) is 39.5 Å². The van der Waals surface area contributed by atoms with Crippen molar-refractivity contribution in [2.75, 3.05) is 13.1 Å². The highest BCUT2D eigenvalue weighted by Gasteiger charge is 2.49. The summed E-state index contributed by atoms with van der Waals surface area (Å²) in [6.07, 6.45) is 1.68. The highest BCUT2D eigenvalue weighted by atomic mass is 16.5. The Morgan fingerprint density at radius 2 is 1.79 bits per heavy atom. The van der Waals surface area contributed by atoms with E-state index in [2.05, 4.69) is 5.32 Å². The Morgan fingerprint density at radius 3 is 2.21 bits per heavy atom. The van der Waals surface area contributed by atoms with Crippen LogP contribution in [0.1, 0.15) is 33.6 Å². The lowest BCUT2D eigenvalue weighted by Gasteiger charge is -2.37. The molecule has 0 aromatic rings. The molecule has 0 aromatic heterocycles. The summed E-state index contributed by atoms with van der Waals surface area (Å²) in [6, 6.07) is -0.307. The van der Waals surface area contributed by atoms with Crippen molar-refractivity contribution in [1.82, 2.24) is 10.2 Å². The third-order valence-electron chi connectivity index (χ3n) is 3.91. The second kappa shape index (κ2) is 5.00. The van der Waals surface area contributed by atoms with E-state index in [9.17, 15) is 14.7 Å². The van der Waals surface area contributed by atoms with Gasteiger partial charge in [-0.25, -0.2) is 9.59 Å². The van der Waals surface area contributed by atoms with Gasteiger partial charge in [0.05, 0.1) is 12.2 Å². The van der Waals surface area contributed by atoms with E-state index in [0.29, 0.717) is 13.1 Å². The first-order valence-corrected chi connectivity index (χ1v) is 6.79. The summed E-state index contributed by atoms with van der Waals surface area (Å²) < 4.78 is 5.57. The topological polar surface area (TPSA) is 78.9 Å². The van der Waals surface area contributed by atoms with Gasteiger partial charge in [-0.1, -0.05) is 0 Å². The molecule has 19 heavy (non-hydrogen) atoms. The number of carboxylic acid groups (broad SMARTS) is 1. The van der Waals surface area contributed by atoms with Crippen LogP contribution in [0.3, 0.4) is 0 Å². The molecule has 6 nitrogen and oxygen atoms in total. The van der Waals surface area contributed by atoms with Gasteiger partial charge in [-0.15, -0.1) is 0 Å². The Kier molecular flexibility index (Phi) is 3.71. The molecule has 2 amide bonds. The van der Waals surface area contributed by atoms with Crippen LogP contribution >= 0.6 is 0 Å². The number of carbonyl (C=O) groups is 2. The predicted molar refractivity (Wildman–Crippen MR) is 68.9 cm³/mol. The van der Waals surface area contributed by atoms with Crippen molar-refractivity contribution in [3.8, 4) is 0 Å². The zero-order valence-corrected chi connectivity index (χ0v) is 11.7. The maximum atomic E-state index is 12.2. The van der Waals surface area contributed by atoms with Gasteiger partial charge in [0.1, 0.15) is 5.54 Å². The molecule has 1 aliphatic carbocycles. The summed E-state index contributed by atoms with van der Waals surface area (Å²) >= 11 is 0. The molecule has 6 heteroatoms. The number of aliphatic carboxylic acids is 1. The molecule has 2 aliphatic rings. The standard InChI is InChI=1S/C13H22N2O4/c1-8-6-15(7-9(2)19-8)12(18)14-13(3,11(16)17)10-4-5-10/h8-10H,4-7H2,1-3H3,(H,14,18)(H,16,17). The summed E-state index contributed by atoms with van der Waals surface area (Å²) in [4.78, 5) is 25.3. The number of rotatable bonds is 3. The molecule has 0 radical (unpaired) electrons. The van der Waals surface area contributed by atoms with Gasteiger partial charge >= 0.3 is 12.0 Å². The number of urea groups is 1. The summed E-state index contributed by atoms with van der Waals surface area (Å²) in [7, 11) is 0. The van der Waals surface area contributed by atoms with E-state index < -0.39 is 11.5 Å². The minimum absolute atomic E-state index is 0.0218. The van der Waals surface area contributed by atoms with Crippen LogP contribution in [0.2, 0.25) is 0 Å². The number of carbonyl (C=O) groups excluding carboxylic acids is 1. The van der Waals surface area contributed by atoms with Gasteiger partial charge in [-0.3, -0.25) is 0 Å². The molecule has 3 unspecified atom stereocenters. The smallest absolute Gasteiger partial charge is 0.329 e. The van der Waals surface area contributed by atoms with Gasteiger partial charge in [0, 0.05) is 13.1 Å². The number of ether oxygens (including phenoxy) is 1. The number of morpholine rings is 1. The van der Waals surface area contributed by atoms with Crippen LogP contribution in [-0.2, 0) is 9.53 Å². The number of carboxylic acids is 1. The molecule has 1 saturated carbocycles.